The highest BCUT2D eigenvalue weighted by atomic mass is 127. The maximum atomic E-state index is 9.41. The molecule has 7 nitrogen and oxygen atoms in total. The van der Waals surface area contributed by atoms with Gasteiger partial charge >= 0.3 is 0 Å². The van der Waals surface area contributed by atoms with Crippen molar-refractivity contribution in [2.45, 2.75) is 64.5 Å². The molecule has 0 spiro atoms. The lowest BCUT2D eigenvalue weighted by atomic mass is 9.84. The summed E-state index contributed by atoms with van der Waals surface area (Å²) in [5.41, 5.74) is 1.07. The summed E-state index contributed by atoms with van der Waals surface area (Å²) in [6.07, 6.45) is 9.85. The fourth-order valence-corrected chi connectivity index (χ4v) is 4.06. The fourth-order valence-electron chi connectivity index (χ4n) is 4.06. The molecule has 1 saturated heterocycles. The van der Waals surface area contributed by atoms with E-state index in [1.807, 2.05) is 12.1 Å². The Bertz CT molecular complexity index is 647. The van der Waals surface area contributed by atoms with Crippen LogP contribution in [0.5, 0.6) is 5.88 Å². The minimum Gasteiger partial charge on any atom is -0.474 e. The van der Waals surface area contributed by atoms with Crippen LogP contribution in [-0.2, 0) is 11.3 Å². The average molecular weight is 532 g/mol. The number of aliphatic hydroxyl groups is 1. The molecule has 1 saturated carbocycles. The van der Waals surface area contributed by atoms with Gasteiger partial charge in [0.2, 0.25) is 5.88 Å². The second-order valence-corrected chi connectivity index (χ2v) is 8.21. The summed E-state index contributed by atoms with van der Waals surface area (Å²) in [6, 6.07) is 3.98. The molecule has 0 bridgehead atoms. The summed E-state index contributed by atoms with van der Waals surface area (Å²) in [5, 5.41) is 16.2. The summed E-state index contributed by atoms with van der Waals surface area (Å²) in [4.78, 5) is 9.11. The first-order valence-electron chi connectivity index (χ1n) is 11.1. The van der Waals surface area contributed by atoms with Crippen molar-refractivity contribution < 1.29 is 14.6 Å². The van der Waals surface area contributed by atoms with Crippen molar-refractivity contribution in [3.8, 4) is 5.88 Å². The molecule has 2 heterocycles. The van der Waals surface area contributed by atoms with Gasteiger partial charge in [-0.2, -0.15) is 0 Å². The van der Waals surface area contributed by atoms with Gasteiger partial charge in [-0.05, 0) is 57.1 Å². The number of nitrogens with one attached hydrogen (secondary N) is 2. The molecule has 2 fully saturated rings. The predicted octanol–water partition coefficient (Wildman–Crippen LogP) is 3.26. The molecule has 0 amide bonds. The number of aliphatic hydroxyl groups excluding tert-OH is 1. The average Bonchev–Trinajstić information content (AvgIpc) is 3.20. The van der Waals surface area contributed by atoms with Crippen LogP contribution in [0.15, 0.2) is 23.3 Å². The van der Waals surface area contributed by atoms with E-state index in [0.29, 0.717) is 25.1 Å². The van der Waals surface area contributed by atoms with Gasteiger partial charge in [-0.1, -0.05) is 6.42 Å². The number of halogens is 1. The van der Waals surface area contributed by atoms with E-state index < -0.39 is 0 Å². The maximum Gasteiger partial charge on any atom is 0.213 e. The Hall–Kier alpha value is -1.13. The molecule has 3 N–H and O–H groups in total. The van der Waals surface area contributed by atoms with Gasteiger partial charge in [-0.3, -0.25) is 0 Å². The Morgan fingerprint density at radius 1 is 1.33 bits per heavy atom. The zero-order valence-electron chi connectivity index (χ0n) is 18.1. The lowest BCUT2D eigenvalue weighted by Crippen LogP contribution is -2.44. The van der Waals surface area contributed by atoms with Crippen LogP contribution in [0.25, 0.3) is 0 Å². The molecule has 3 rings (SSSR count). The molecule has 0 radical (unpaired) electrons. The van der Waals surface area contributed by atoms with E-state index >= 15 is 0 Å². The molecule has 30 heavy (non-hydrogen) atoms. The van der Waals surface area contributed by atoms with Crippen molar-refractivity contribution in [2.75, 3.05) is 32.9 Å². The number of guanidine groups is 1. The van der Waals surface area contributed by atoms with Crippen LogP contribution >= 0.6 is 24.0 Å². The summed E-state index contributed by atoms with van der Waals surface area (Å²) in [5.74, 6) is 1.48. The SMILES string of the molecule is CCNC(=NCc1ccnc(OC2CCCCC2)c1)NCC1(CCO)CCOC1.I. The van der Waals surface area contributed by atoms with Gasteiger partial charge in [-0.25, -0.2) is 9.98 Å². The van der Waals surface area contributed by atoms with Crippen molar-refractivity contribution in [1.29, 1.82) is 0 Å². The summed E-state index contributed by atoms with van der Waals surface area (Å²) < 4.78 is 11.7. The van der Waals surface area contributed by atoms with E-state index in [1.165, 1.54) is 19.3 Å². The number of aromatic nitrogens is 1. The second-order valence-electron chi connectivity index (χ2n) is 8.21. The van der Waals surface area contributed by atoms with Crippen LogP contribution in [0.2, 0.25) is 0 Å². The van der Waals surface area contributed by atoms with Crippen LogP contribution in [0.1, 0.15) is 57.4 Å². The smallest absolute Gasteiger partial charge is 0.213 e. The first kappa shape index (κ1) is 25.1. The quantitative estimate of drug-likeness (QED) is 0.257. The largest absolute Gasteiger partial charge is 0.474 e. The highest BCUT2D eigenvalue weighted by Crippen LogP contribution is 2.31. The molecule has 1 aliphatic carbocycles. The molecule has 170 valence electrons. The van der Waals surface area contributed by atoms with E-state index in [-0.39, 0.29) is 36.0 Å². The second kappa shape index (κ2) is 13.3. The van der Waals surface area contributed by atoms with Crippen molar-refractivity contribution in [1.82, 2.24) is 15.6 Å². The van der Waals surface area contributed by atoms with E-state index in [2.05, 4.69) is 22.5 Å². The van der Waals surface area contributed by atoms with Crippen LogP contribution in [0, 0.1) is 5.41 Å². The third kappa shape index (κ3) is 7.85. The Morgan fingerprint density at radius 2 is 2.17 bits per heavy atom. The predicted molar refractivity (Wildman–Crippen MR) is 130 cm³/mol. The number of aliphatic imine (C=N–C) groups is 1. The Labute approximate surface area is 197 Å². The van der Waals surface area contributed by atoms with Gasteiger partial charge in [-0.15, -0.1) is 24.0 Å². The maximum absolute atomic E-state index is 9.41. The molecular formula is C22H37IN4O3. The van der Waals surface area contributed by atoms with Gasteiger partial charge in [0.05, 0.1) is 13.2 Å². The van der Waals surface area contributed by atoms with Gasteiger partial charge < -0.3 is 25.2 Å². The topological polar surface area (TPSA) is 88.0 Å². The van der Waals surface area contributed by atoms with E-state index in [1.54, 1.807) is 6.20 Å². The van der Waals surface area contributed by atoms with Crippen molar-refractivity contribution >= 4 is 29.9 Å². The number of hydrogen-bond donors (Lipinski definition) is 3. The first-order valence-corrected chi connectivity index (χ1v) is 11.1. The van der Waals surface area contributed by atoms with Crippen LogP contribution in [0.4, 0.5) is 0 Å². The number of pyridine rings is 1. The molecule has 1 aromatic heterocycles. The van der Waals surface area contributed by atoms with Crippen LogP contribution in [0.3, 0.4) is 0 Å². The third-order valence-electron chi connectivity index (χ3n) is 5.86. The lowest BCUT2D eigenvalue weighted by molar-refractivity contribution is 0.127. The normalized spacial score (nSPS) is 22.4. The summed E-state index contributed by atoms with van der Waals surface area (Å²) in [6.45, 7) is 5.78. The zero-order chi connectivity index (χ0) is 20.4. The molecule has 2 aliphatic rings. The molecule has 1 unspecified atom stereocenters. The summed E-state index contributed by atoms with van der Waals surface area (Å²) >= 11 is 0. The fraction of sp³-hybridized carbons (Fsp3) is 0.727. The Morgan fingerprint density at radius 3 is 2.87 bits per heavy atom. The molecule has 1 atom stereocenters. The lowest BCUT2D eigenvalue weighted by Gasteiger charge is -2.27. The van der Waals surface area contributed by atoms with Gasteiger partial charge in [0.1, 0.15) is 6.10 Å². The van der Waals surface area contributed by atoms with Crippen LogP contribution in [-0.4, -0.2) is 55.1 Å². The minimum atomic E-state index is -0.0113. The van der Waals surface area contributed by atoms with E-state index in [0.717, 1.165) is 56.9 Å². The zero-order valence-corrected chi connectivity index (χ0v) is 20.4. The first-order chi connectivity index (χ1) is 14.2. The minimum absolute atomic E-state index is 0. The number of ether oxygens (including phenoxy) is 2. The molecule has 1 aliphatic heterocycles. The van der Waals surface area contributed by atoms with Crippen molar-refractivity contribution in [3.05, 3.63) is 23.9 Å². The molecular weight excluding hydrogens is 495 g/mol. The van der Waals surface area contributed by atoms with Crippen molar-refractivity contribution in [2.24, 2.45) is 10.4 Å². The standard InChI is InChI=1S/C22H36N4O3.HI/c1-2-23-21(26-16-22(9-12-27)10-13-28-17-22)25-15-18-8-11-24-20(14-18)29-19-6-4-3-5-7-19;/h8,11,14,19,27H,2-7,9-10,12-13,15-17H2,1H3,(H2,23,25,26);1H. The van der Waals surface area contributed by atoms with E-state index in [9.17, 15) is 5.11 Å². The third-order valence-corrected chi connectivity index (χ3v) is 5.86. The number of rotatable bonds is 9. The van der Waals surface area contributed by atoms with Crippen LogP contribution < -0.4 is 15.4 Å². The van der Waals surface area contributed by atoms with Gasteiger partial charge in [0.25, 0.3) is 0 Å². The number of nitrogens with zero attached hydrogens (tertiary/aromatic N) is 2. The van der Waals surface area contributed by atoms with Gasteiger partial charge in [0, 0.05) is 44.0 Å². The monoisotopic (exact) mass is 532 g/mol. The van der Waals surface area contributed by atoms with Gasteiger partial charge in [0.15, 0.2) is 5.96 Å². The molecule has 8 heteroatoms. The number of hydrogen-bond acceptors (Lipinski definition) is 5. The Kier molecular flexibility index (Phi) is 11.2. The Balaban J connectivity index is 0.00000320. The van der Waals surface area contributed by atoms with Crippen molar-refractivity contribution in [3.63, 3.8) is 0 Å². The van der Waals surface area contributed by atoms with E-state index in [4.69, 9.17) is 14.5 Å². The summed E-state index contributed by atoms with van der Waals surface area (Å²) in [7, 11) is 0. The molecule has 0 aromatic carbocycles. The highest BCUT2D eigenvalue weighted by Gasteiger charge is 2.34. The highest BCUT2D eigenvalue weighted by molar-refractivity contribution is 14.0. The molecule has 1 aromatic rings.